The predicted octanol–water partition coefficient (Wildman–Crippen LogP) is 0.959. The van der Waals surface area contributed by atoms with Crippen LogP contribution in [0, 0.1) is 0 Å². The van der Waals surface area contributed by atoms with Crippen molar-refractivity contribution >= 4 is 10.2 Å². The molecule has 3 nitrogen and oxygen atoms in total. The van der Waals surface area contributed by atoms with Crippen molar-refractivity contribution in [2.45, 2.75) is 0 Å². The maximum atomic E-state index is 4.97. The molecule has 0 aromatic heterocycles. The van der Waals surface area contributed by atoms with Gasteiger partial charge in [-0.05, 0) is 0 Å². The molecule has 0 saturated heterocycles. The lowest BCUT2D eigenvalue weighted by molar-refractivity contribution is 0.129. The molecular formula is C8H12O3Si. The first-order valence-corrected chi connectivity index (χ1v) is 4.29. The zero-order chi connectivity index (χ0) is 9.40. The van der Waals surface area contributed by atoms with Crippen molar-refractivity contribution in [1.29, 1.82) is 0 Å². The molecule has 0 saturated carbocycles. The van der Waals surface area contributed by atoms with Gasteiger partial charge in [-0.15, -0.1) is 0 Å². The highest BCUT2D eigenvalue weighted by Gasteiger charge is 2.02. The van der Waals surface area contributed by atoms with E-state index in [-0.39, 0.29) is 5.95 Å². The van der Waals surface area contributed by atoms with Crippen molar-refractivity contribution in [3.63, 3.8) is 0 Å². The summed E-state index contributed by atoms with van der Waals surface area (Å²) in [7, 11) is 0.651. The minimum atomic E-state index is 0.256. The van der Waals surface area contributed by atoms with Crippen LogP contribution in [0.25, 0.3) is 0 Å². The van der Waals surface area contributed by atoms with Gasteiger partial charge in [-0.1, -0.05) is 19.7 Å². The summed E-state index contributed by atoms with van der Waals surface area (Å²) in [6.45, 7) is 10.2. The Morgan fingerprint density at radius 1 is 0.917 bits per heavy atom. The second-order valence-corrected chi connectivity index (χ2v) is 2.61. The van der Waals surface area contributed by atoms with Gasteiger partial charge in [0.05, 0.1) is 29.0 Å². The largest absolute Gasteiger partial charge is 0.469 e. The quantitative estimate of drug-likeness (QED) is 0.454. The van der Waals surface area contributed by atoms with Crippen molar-refractivity contribution in [3.05, 3.63) is 49.9 Å². The van der Waals surface area contributed by atoms with Gasteiger partial charge >= 0.3 is 5.95 Å². The molecule has 0 heterocycles. The molecular weight excluding hydrogens is 172 g/mol. The number of hydrogen-bond acceptors (Lipinski definition) is 3. The summed E-state index contributed by atoms with van der Waals surface area (Å²) < 4.78 is 14.8. The van der Waals surface area contributed by atoms with Crippen LogP contribution in [0.5, 0.6) is 0 Å². The van der Waals surface area contributed by atoms with E-state index >= 15 is 0 Å². The van der Waals surface area contributed by atoms with Crippen molar-refractivity contribution in [2.24, 2.45) is 0 Å². The van der Waals surface area contributed by atoms with Gasteiger partial charge in [0.1, 0.15) is 5.38 Å². The molecule has 0 spiro atoms. The van der Waals surface area contributed by atoms with Crippen LogP contribution in [0.2, 0.25) is 0 Å². The van der Waals surface area contributed by atoms with Gasteiger partial charge in [0.2, 0.25) is 0 Å². The normalized spacial score (nSPS) is 8.00. The minimum absolute atomic E-state index is 0.256. The summed E-state index contributed by atoms with van der Waals surface area (Å²) >= 11 is 0. The Morgan fingerprint density at radius 3 is 1.67 bits per heavy atom. The lowest BCUT2D eigenvalue weighted by Gasteiger charge is -2.07. The van der Waals surface area contributed by atoms with E-state index in [0.717, 1.165) is 0 Å². The van der Waals surface area contributed by atoms with Gasteiger partial charge in [0, 0.05) is 0 Å². The fraction of sp³-hybridized carbons (Fsp3) is 0. The number of rotatable bonds is 6. The van der Waals surface area contributed by atoms with E-state index in [2.05, 4.69) is 19.7 Å². The Balaban J connectivity index is 4.39. The number of ether oxygens (including phenoxy) is 3. The molecule has 0 aromatic rings. The van der Waals surface area contributed by atoms with Gasteiger partial charge in [-0.2, -0.15) is 0 Å². The molecule has 66 valence electrons. The van der Waals surface area contributed by atoms with Gasteiger partial charge in [0.15, 0.2) is 0 Å². The summed E-state index contributed by atoms with van der Waals surface area (Å²) in [5, 5.41) is 0.588. The monoisotopic (exact) mass is 184 g/mol. The van der Waals surface area contributed by atoms with Crippen molar-refractivity contribution in [1.82, 2.24) is 0 Å². The van der Waals surface area contributed by atoms with E-state index in [1.807, 2.05) is 0 Å². The van der Waals surface area contributed by atoms with Crippen LogP contribution < -0.4 is 0 Å². The third-order valence-corrected chi connectivity index (χ3v) is 1.57. The van der Waals surface area contributed by atoms with Crippen molar-refractivity contribution < 1.29 is 14.2 Å². The molecule has 0 aliphatic rings. The van der Waals surface area contributed by atoms with Gasteiger partial charge < -0.3 is 14.2 Å². The van der Waals surface area contributed by atoms with Gasteiger partial charge in [-0.25, -0.2) is 0 Å². The second-order valence-electron chi connectivity index (χ2n) is 1.70. The Hall–Kier alpha value is -1.42. The summed E-state index contributed by atoms with van der Waals surface area (Å²) in [6, 6.07) is 0. The standard InChI is InChI=1S/C8H12O3Si/c1-4-9-7(10-5-2)8(12)11-6-3/h4-6H,1-3H2,12H3. The molecule has 0 radical (unpaired) electrons. The lowest BCUT2D eigenvalue weighted by Crippen LogP contribution is -1.97. The maximum Gasteiger partial charge on any atom is 0.322 e. The average molecular weight is 184 g/mol. The molecule has 0 amide bonds. The summed E-state index contributed by atoms with van der Waals surface area (Å²) in [5.41, 5.74) is 0. The molecule has 12 heavy (non-hydrogen) atoms. The summed E-state index contributed by atoms with van der Waals surface area (Å²) in [4.78, 5) is 0. The molecule has 0 fully saturated rings. The zero-order valence-corrected chi connectivity index (χ0v) is 9.08. The van der Waals surface area contributed by atoms with E-state index in [1.165, 1.54) is 18.8 Å². The SMILES string of the molecule is C=COC([SiH3])=C(OC=C)OC=C. The molecule has 0 aliphatic heterocycles. The van der Waals surface area contributed by atoms with Crippen molar-refractivity contribution in [2.75, 3.05) is 0 Å². The van der Waals surface area contributed by atoms with Crippen LogP contribution in [0.15, 0.2) is 49.9 Å². The van der Waals surface area contributed by atoms with Crippen LogP contribution in [-0.2, 0) is 14.2 Å². The molecule has 0 bridgehead atoms. The molecule has 4 heteroatoms. The van der Waals surface area contributed by atoms with E-state index in [4.69, 9.17) is 14.2 Å². The number of hydrogen-bond donors (Lipinski definition) is 0. The maximum absolute atomic E-state index is 4.97. The Kier molecular flexibility index (Phi) is 5.55. The van der Waals surface area contributed by atoms with E-state index < -0.39 is 0 Å². The Bertz CT molecular complexity index is 196. The minimum Gasteiger partial charge on any atom is -0.469 e. The molecule has 0 N–H and O–H groups in total. The first kappa shape index (κ1) is 10.6. The zero-order valence-electron chi connectivity index (χ0n) is 7.08. The third kappa shape index (κ3) is 3.67. The topological polar surface area (TPSA) is 27.7 Å². The van der Waals surface area contributed by atoms with Crippen molar-refractivity contribution in [3.8, 4) is 0 Å². The van der Waals surface area contributed by atoms with Crippen LogP contribution >= 0.6 is 0 Å². The van der Waals surface area contributed by atoms with E-state index in [9.17, 15) is 0 Å². The highest BCUT2D eigenvalue weighted by atomic mass is 28.1. The first-order chi connectivity index (χ1) is 5.76. The van der Waals surface area contributed by atoms with Gasteiger partial charge in [-0.3, -0.25) is 0 Å². The highest BCUT2D eigenvalue weighted by Crippen LogP contribution is 2.07. The molecule has 0 atom stereocenters. The van der Waals surface area contributed by atoms with Crippen LogP contribution in [0.1, 0.15) is 0 Å². The smallest absolute Gasteiger partial charge is 0.322 e. The Labute approximate surface area is 75.0 Å². The third-order valence-electron chi connectivity index (χ3n) is 0.928. The van der Waals surface area contributed by atoms with Gasteiger partial charge in [0.25, 0.3) is 0 Å². The molecule has 0 aliphatic carbocycles. The van der Waals surface area contributed by atoms with E-state index in [0.29, 0.717) is 15.6 Å². The molecule has 0 unspecified atom stereocenters. The summed E-state index contributed by atoms with van der Waals surface area (Å²) in [6.07, 6.45) is 3.81. The van der Waals surface area contributed by atoms with Crippen LogP contribution in [0.3, 0.4) is 0 Å². The average Bonchev–Trinajstić information content (AvgIpc) is 2.04. The first-order valence-electron chi connectivity index (χ1n) is 3.29. The fourth-order valence-corrected chi connectivity index (χ4v) is 0.921. The lowest BCUT2D eigenvalue weighted by atomic mass is 10.9. The van der Waals surface area contributed by atoms with Crippen LogP contribution in [-0.4, -0.2) is 10.2 Å². The second kappa shape index (κ2) is 6.30. The summed E-state index contributed by atoms with van der Waals surface area (Å²) in [5.74, 6) is 0.256. The van der Waals surface area contributed by atoms with E-state index in [1.54, 1.807) is 0 Å². The highest BCUT2D eigenvalue weighted by molar-refractivity contribution is 6.20. The molecule has 0 rings (SSSR count). The fourth-order valence-electron chi connectivity index (χ4n) is 0.518. The Morgan fingerprint density at radius 2 is 1.33 bits per heavy atom. The van der Waals surface area contributed by atoms with Crippen LogP contribution in [0.4, 0.5) is 0 Å². The molecule has 0 aromatic carbocycles. The predicted molar refractivity (Wildman–Crippen MR) is 50.8 cm³/mol.